The molecule has 0 saturated heterocycles. The summed E-state index contributed by atoms with van der Waals surface area (Å²) in [4.78, 5) is 24.4. The van der Waals surface area contributed by atoms with Crippen LogP contribution in [0.4, 0.5) is 0 Å². The minimum atomic E-state index is -3.15. The summed E-state index contributed by atoms with van der Waals surface area (Å²) in [6.07, 6.45) is 1.47. The zero-order chi connectivity index (χ0) is 20.1. The first kappa shape index (κ1) is 20.6. The molecule has 1 atom stereocenters. The maximum absolute atomic E-state index is 12.4. The Morgan fingerprint density at radius 3 is 2.11 bits per heavy atom. The van der Waals surface area contributed by atoms with Crippen LogP contribution in [0.25, 0.3) is 0 Å². The van der Waals surface area contributed by atoms with Crippen molar-refractivity contribution in [2.45, 2.75) is 24.5 Å². The third kappa shape index (κ3) is 5.17. The lowest BCUT2D eigenvalue weighted by Crippen LogP contribution is -2.46. The predicted molar refractivity (Wildman–Crippen MR) is 103 cm³/mol. The molecule has 2 rings (SSSR count). The zero-order valence-electron chi connectivity index (χ0n) is 15.3. The van der Waals surface area contributed by atoms with E-state index in [1.807, 2.05) is 6.07 Å². The highest BCUT2D eigenvalue weighted by atomic mass is 32.2. The lowest BCUT2D eigenvalue weighted by Gasteiger charge is -2.29. The molecule has 0 heterocycles. The highest BCUT2D eigenvalue weighted by Gasteiger charge is 2.39. The number of carbonyl (C=O) groups excluding carboxylic acids is 1. The number of benzene rings is 2. The second-order valence-corrected chi connectivity index (χ2v) is 8.70. The molecule has 0 fully saturated rings. The van der Waals surface area contributed by atoms with Crippen LogP contribution < -0.4 is 5.32 Å². The summed E-state index contributed by atoms with van der Waals surface area (Å²) < 4.78 is 22.7. The molecule has 144 valence electrons. The van der Waals surface area contributed by atoms with Crippen molar-refractivity contribution in [3.05, 3.63) is 71.3 Å². The summed E-state index contributed by atoms with van der Waals surface area (Å²) in [5, 5.41) is 12.5. The molecule has 0 radical (unpaired) electrons. The topological polar surface area (TPSA) is 101 Å². The van der Waals surface area contributed by atoms with Crippen LogP contribution in [-0.2, 0) is 25.8 Å². The van der Waals surface area contributed by atoms with Gasteiger partial charge in [-0.25, -0.2) is 8.42 Å². The predicted octanol–water partition coefficient (Wildman–Crippen LogP) is 2.39. The summed E-state index contributed by atoms with van der Waals surface area (Å²) in [6.45, 7) is 1.72. The third-order valence-corrected chi connectivity index (χ3v) is 5.39. The Kier molecular flexibility index (Phi) is 6.38. The lowest BCUT2D eigenvalue weighted by atomic mass is 9.78. The number of carboxylic acids is 1. The van der Waals surface area contributed by atoms with E-state index in [1.165, 1.54) is 12.1 Å². The Morgan fingerprint density at radius 1 is 1.04 bits per heavy atom. The van der Waals surface area contributed by atoms with Gasteiger partial charge in [0.15, 0.2) is 9.84 Å². The molecule has 0 spiro atoms. The SMILES string of the molecule is CCC(CNC(=O)c1ccc(CS(C)(=O)=O)cc1)(C(=O)O)c1ccccc1. The molecule has 0 saturated carbocycles. The Morgan fingerprint density at radius 2 is 1.63 bits per heavy atom. The number of aliphatic carboxylic acids is 1. The van der Waals surface area contributed by atoms with Crippen LogP contribution in [0.1, 0.15) is 34.8 Å². The van der Waals surface area contributed by atoms with E-state index in [1.54, 1.807) is 43.3 Å². The Balaban J connectivity index is 2.15. The summed E-state index contributed by atoms with van der Waals surface area (Å²) in [5.74, 6) is -1.50. The van der Waals surface area contributed by atoms with Gasteiger partial charge in [0.05, 0.1) is 5.75 Å². The van der Waals surface area contributed by atoms with Crippen molar-refractivity contribution in [3.63, 3.8) is 0 Å². The van der Waals surface area contributed by atoms with Gasteiger partial charge >= 0.3 is 5.97 Å². The second kappa shape index (κ2) is 8.35. The van der Waals surface area contributed by atoms with Crippen molar-refractivity contribution >= 4 is 21.7 Å². The molecule has 2 N–H and O–H groups in total. The molecule has 1 amide bonds. The monoisotopic (exact) mass is 389 g/mol. The lowest BCUT2D eigenvalue weighted by molar-refractivity contribution is -0.143. The number of sulfone groups is 1. The van der Waals surface area contributed by atoms with Gasteiger partial charge in [0.2, 0.25) is 0 Å². The smallest absolute Gasteiger partial charge is 0.315 e. The van der Waals surface area contributed by atoms with Gasteiger partial charge in [0.1, 0.15) is 5.41 Å². The van der Waals surface area contributed by atoms with E-state index in [-0.39, 0.29) is 12.3 Å². The van der Waals surface area contributed by atoms with Crippen molar-refractivity contribution in [2.75, 3.05) is 12.8 Å². The number of hydrogen-bond acceptors (Lipinski definition) is 4. The number of carboxylic acid groups (broad SMARTS) is 1. The molecule has 0 aliphatic carbocycles. The standard InChI is InChI=1S/C20H23NO5S/c1-3-20(19(23)24,17-7-5-4-6-8-17)14-21-18(22)16-11-9-15(10-12-16)13-27(2,25)26/h4-12H,3,13-14H2,1-2H3,(H,21,22)(H,23,24). The molecule has 2 aromatic carbocycles. The molecule has 27 heavy (non-hydrogen) atoms. The first-order valence-corrected chi connectivity index (χ1v) is 10.6. The molecule has 0 bridgehead atoms. The molecule has 0 aliphatic heterocycles. The third-order valence-electron chi connectivity index (χ3n) is 4.54. The average Bonchev–Trinajstić information content (AvgIpc) is 2.62. The fourth-order valence-corrected chi connectivity index (χ4v) is 3.72. The van der Waals surface area contributed by atoms with Crippen LogP contribution in [-0.4, -0.2) is 38.2 Å². The second-order valence-electron chi connectivity index (χ2n) is 6.56. The van der Waals surface area contributed by atoms with Gasteiger partial charge in [-0.3, -0.25) is 9.59 Å². The highest BCUT2D eigenvalue weighted by Crippen LogP contribution is 2.28. The molecule has 1 unspecified atom stereocenters. The van der Waals surface area contributed by atoms with E-state index in [0.29, 0.717) is 23.1 Å². The highest BCUT2D eigenvalue weighted by molar-refractivity contribution is 7.89. The minimum absolute atomic E-state index is 0.0488. The number of nitrogens with one attached hydrogen (secondary N) is 1. The Bertz CT molecular complexity index is 907. The number of amides is 1. The fraction of sp³-hybridized carbons (Fsp3) is 0.300. The van der Waals surface area contributed by atoms with E-state index in [0.717, 1.165) is 6.26 Å². The summed E-state index contributed by atoms with van der Waals surface area (Å²) >= 11 is 0. The maximum Gasteiger partial charge on any atom is 0.315 e. The Hall–Kier alpha value is -2.67. The van der Waals surface area contributed by atoms with Crippen molar-refractivity contribution in [1.82, 2.24) is 5.32 Å². The number of carbonyl (C=O) groups is 2. The van der Waals surface area contributed by atoms with Crippen molar-refractivity contribution in [1.29, 1.82) is 0 Å². The maximum atomic E-state index is 12.4. The molecule has 6 nitrogen and oxygen atoms in total. The van der Waals surface area contributed by atoms with E-state index in [9.17, 15) is 23.1 Å². The van der Waals surface area contributed by atoms with E-state index < -0.39 is 27.1 Å². The molecule has 7 heteroatoms. The van der Waals surface area contributed by atoms with Crippen LogP contribution >= 0.6 is 0 Å². The van der Waals surface area contributed by atoms with E-state index >= 15 is 0 Å². The first-order chi connectivity index (χ1) is 12.7. The van der Waals surface area contributed by atoms with Crippen molar-refractivity contribution < 1.29 is 23.1 Å². The molecule has 0 aliphatic rings. The summed E-state index contributed by atoms with van der Waals surface area (Å²) in [6, 6.07) is 15.1. The van der Waals surface area contributed by atoms with E-state index in [4.69, 9.17) is 0 Å². The van der Waals surface area contributed by atoms with Gasteiger partial charge in [0.25, 0.3) is 5.91 Å². The molecule has 0 aromatic heterocycles. The number of hydrogen-bond donors (Lipinski definition) is 2. The molecule has 2 aromatic rings. The Labute approximate surface area is 159 Å². The van der Waals surface area contributed by atoms with Gasteiger partial charge in [0, 0.05) is 18.4 Å². The molecular weight excluding hydrogens is 366 g/mol. The van der Waals surface area contributed by atoms with Crippen molar-refractivity contribution in [3.8, 4) is 0 Å². The van der Waals surface area contributed by atoms with Crippen LogP contribution in [0, 0.1) is 0 Å². The largest absolute Gasteiger partial charge is 0.481 e. The van der Waals surface area contributed by atoms with Crippen LogP contribution in [0.3, 0.4) is 0 Å². The van der Waals surface area contributed by atoms with Gasteiger partial charge in [-0.1, -0.05) is 49.4 Å². The summed E-state index contributed by atoms with van der Waals surface area (Å²) in [5.41, 5.74) is 0.346. The fourth-order valence-electron chi connectivity index (χ4n) is 2.93. The van der Waals surface area contributed by atoms with Crippen LogP contribution in [0.5, 0.6) is 0 Å². The first-order valence-electron chi connectivity index (χ1n) is 8.52. The van der Waals surface area contributed by atoms with E-state index in [2.05, 4.69) is 5.32 Å². The van der Waals surface area contributed by atoms with Gasteiger partial charge in [-0.2, -0.15) is 0 Å². The summed E-state index contributed by atoms with van der Waals surface area (Å²) in [7, 11) is -3.15. The molecular formula is C20H23NO5S. The normalized spacial score (nSPS) is 13.6. The van der Waals surface area contributed by atoms with Gasteiger partial charge < -0.3 is 10.4 Å². The van der Waals surface area contributed by atoms with Crippen molar-refractivity contribution in [2.24, 2.45) is 0 Å². The van der Waals surface area contributed by atoms with Crippen LogP contribution in [0.15, 0.2) is 54.6 Å². The van der Waals surface area contributed by atoms with Gasteiger partial charge in [-0.05, 0) is 29.7 Å². The minimum Gasteiger partial charge on any atom is -0.481 e. The quantitative estimate of drug-likeness (QED) is 0.722. The zero-order valence-corrected chi connectivity index (χ0v) is 16.1. The number of rotatable bonds is 8. The average molecular weight is 389 g/mol. The van der Waals surface area contributed by atoms with Crippen LogP contribution in [0.2, 0.25) is 0 Å². The van der Waals surface area contributed by atoms with Gasteiger partial charge in [-0.15, -0.1) is 0 Å².